The number of hydrogen-bond donors (Lipinski definition) is 2. The number of para-hydroxylation sites is 1. The van der Waals surface area contributed by atoms with Crippen LogP contribution in [0, 0.1) is 5.92 Å². The van der Waals surface area contributed by atoms with Gasteiger partial charge in [0.2, 0.25) is 0 Å². The number of nitrogens with one attached hydrogen (secondary N) is 2. The van der Waals surface area contributed by atoms with Crippen molar-refractivity contribution in [3.05, 3.63) is 77.6 Å². The first-order valence-corrected chi connectivity index (χ1v) is 9.15. The lowest BCUT2D eigenvalue weighted by molar-refractivity contribution is 0.0950. The van der Waals surface area contributed by atoms with Crippen molar-refractivity contribution < 1.29 is 9.59 Å². The number of hydrogen-bond acceptors (Lipinski definition) is 4. The predicted octanol–water partition coefficient (Wildman–Crippen LogP) is 2.96. The Labute approximate surface area is 163 Å². The first-order valence-electron chi connectivity index (χ1n) is 9.15. The van der Waals surface area contributed by atoms with E-state index in [2.05, 4.69) is 20.9 Å². The Balaban J connectivity index is 1.69. The molecule has 0 fully saturated rings. The van der Waals surface area contributed by atoms with Gasteiger partial charge in [-0.3, -0.25) is 9.59 Å². The van der Waals surface area contributed by atoms with Gasteiger partial charge in [0.15, 0.2) is 5.69 Å². The number of amides is 2. The van der Waals surface area contributed by atoms with Crippen LogP contribution >= 0.6 is 0 Å². The minimum atomic E-state index is -0.413. The Morgan fingerprint density at radius 2 is 1.71 bits per heavy atom. The molecule has 0 spiro atoms. The van der Waals surface area contributed by atoms with Gasteiger partial charge < -0.3 is 10.6 Å². The lowest BCUT2D eigenvalue weighted by Crippen LogP contribution is -2.28. The van der Waals surface area contributed by atoms with Crippen molar-refractivity contribution in [1.82, 2.24) is 20.3 Å². The largest absolute Gasteiger partial charge is 0.352 e. The molecule has 0 aliphatic carbocycles. The average Bonchev–Trinajstić information content (AvgIpc) is 3.16. The third kappa shape index (κ3) is 5.03. The standard InChI is InChI=1S/C21H23N5O2/c1-15(2)12-22-20(27)17-10-6-7-11-18(17)23-21(28)19-14-26(25-24-19)13-16-8-4-3-5-9-16/h3-11,14-15H,12-13H2,1-2H3,(H,22,27)(H,23,28). The third-order valence-corrected chi connectivity index (χ3v) is 4.05. The normalized spacial score (nSPS) is 10.7. The quantitative estimate of drug-likeness (QED) is 0.662. The van der Waals surface area contributed by atoms with Crippen molar-refractivity contribution in [3.63, 3.8) is 0 Å². The van der Waals surface area contributed by atoms with Crippen molar-refractivity contribution in [3.8, 4) is 0 Å². The number of carbonyl (C=O) groups excluding carboxylic acids is 2. The van der Waals surface area contributed by atoms with Crippen LogP contribution in [0.1, 0.15) is 40.3 Å². The Hall–Kier alpha value is -3.48. The Morgan fingerprint density at radius 3 is 2.46 bits per heavy atom. The molecule has 3 aromatic rings. The third-order valence-electron chi connectivity index (χ3n) is 4.05. The van der Waals surface area contributed by atoms with E-state index in [1.807, 2.05) is 44.2 Å². The van der Waals surface area contributed by atoms with Crippen molar-refractivity contribution >= 4 is 17.5 Å². The topological polar surface area (TPSA) is 88.9 Å². The van der Waals surface area contributed by atoms with E-state index in [0.29, 0.717) is 30.3 Å². The van der Waals surface area contributed by atoms with Gasteiger partial charge in [0, 0.05) is 6.54 Å². The summed E-state index contributed by atoms with van der Waals surface area (Å²) in [5.74, 6) is -0.300. The van der Waals surface area contributed by atoms with Crippen LogP contribution in [0.25, 0.3) is 0 Å². The summed E-state index contributed by atoms with van der Waals surface area (Å²) in [6.07, 6.45) is 1.59. The molecule has 28 heavy (non-hydrogen) atoms. The van der Waals surface area contributed by atoms with Gasteiger partial charge in [-0.25, -0.2) is 4.68 Å². The molecule has 1 aromatic heterocycles. The second-order valence-corrected chi connectivity index (χ2v) is 6.89. The van der Waals surface area contributed by atoms with Crippen LogP contribution in [-0.4, -0.2) is 33.4 Å². The van der Waals surface area contributed by atoms with Gasteiger partial charge in [0.05, 0.1) is 24.0 Å². The van der Waals surface area contributed by atoms with E-state index in [-0.39, 0.29) is 11.6 Å². The molecule has 0 unspecified atom stereocenters. The zero-order valence-corrected chi connectivity index (χ0v) is 15.9. The maximum atomic E-state index is 12.6. The Kier molecular flexibility index (Phi) is 6.16. The van der Waals surface area contributed by atoms with Crippen LogP contribution < -0.4 is 10.6 Å². The number of rotatable bonds is 7. The van der Waals surface area contributed by atoms with Crippen molar-refractivity contribution in [2.75, 3.05) is 11.9 Å². The molecule has 0 radical (unpaired) electrons. The highest BCUT2D eigenvalue weighted by Gasteiger charge is 2.16. The zero-order valence-electron chi connectivity index (χ0n) is 15.9. The summed E-state index contributed by atoms with van der Waals surface area (Å²) in [7, 11) is 0. The zero-order chi connectivity index (χ0) is 19.9. The van der Waals surface area contributed by atoms with Gasteiger partial charge >= 0.3 is 0 Å². The molecule has 0 bridgehead atoms. The summed E-state index contributed by atoms with van der Waals surface area (Å²) >= 11 is 0. The summed E-state index contributed by atoms with van der Waals surface area (Å²) in [6.45, 7) is 5.13. The highest BCUT2D eigenvalue weighted by atomic mass is 16.2. The minimum absolute atomic E-state index is 0.188. The van der Waals surface area contributed by atoms with Crippen LogP contribution in [0.15, 0.2) is 60.8 Å². The van der Waals surface area contributed by atoms with Crippen molar-refractivity contribution in [1.29, 1.82) is 0 Å². The maximum absolute atomic E-state index is 12.6. The summed E-state index contributed by atoms with van der Waals surface area (Å²) < 4.78 is 1.60. The number of aromatic nitrogens is 3. The molecular weight excluding hydrogens is 354 g/mol. The summed E-state index contributed by atoms with van der Waals surface area (Å²) in [5, 5.41) is 13.6. The highest BCUT2D eigenvalue weighted by molar-refractivity contribution is 6.08. The smallest absolute Gasteiger partial charge is 0.277 e. The summed E-state index contributed by atoms with van der Waals surface area (Å²) in [6, 6.07) is 16.7. The molecule has 0 aliphatic heterocycles. The first kappa shape index (κ1) is 19.3. The molecule has 2 amide bonds. The molecule has 144 valence electrons. The van der Waals surface area contributed by atoms with E-state index in [1.165, 1.54) is 0 Å². The molecule has 2 N–H and O–H groups in total. The van der Waals surface area contributed by atoms with Crippen LogP contribution in [0.2, 0.25) is 0 Å². The second-order valence-electron chi connectivity index (χ2n) is 6.89. The van der Waals surface area contributed by atoms with Gasteiger partial charge in [-0.1, -0.05) is 61.5 Å². The Bertz CT molecular complexity index is 950. The monoisotopic (exact) mass is 377 g/mol. The second kappa shape index (κ2) is 8.94. The molecule has 1 heterocycles. The van der Waals surface area contributed by atoms with Crippen molar-refractivity contribution in [2.45, 2.75) is 20.4 Å². The van der Waals surface area contributed by atoms with Crippen molar-refractivity contribution in [2.24, 2.45) is 5.92 Å². The summed E-state index contributed by atoms with van der Waals surface area (Å²) in [5.41, 5.74) is 2.10. The number of nitrogens with zero attached hydrogens (tertiary/aromatic N) is 3. The molecule has 0 saturated heterocycles. The Morgan fingerprint density at radius 1 is 1.00 bits per heavy atom. The lowest BCUT2D eigenvalue weighted by atomic mass is 10.1. The molecular formula is C21H23N5O2. The molecule has 3 rings (SSSR count). The molecule has 2 aromatic carbocycles. The van der Waals surface area contributed by atoms with Gasteiger partial charge in [0.1, 0.15) is 0 Å². The average molecular weight is 377 g/mol. The maximum Gasteiger partial charge on any atom is 0.277 e. The lowest BCUT2D eigenvalue weighted by Gasteiger charge is -2.11. The van der Waals surface area contributed by atoms with E-state index < -0.39 is 5.91 Å². The SMILES string of the molecule is CC(C)CNC(=O)c1ccccc1NC(=O)c1cn(Cc2ccccc2)nn1. The van der Waals surface area contributed by atoms with Gasteiger partial charge in [0.25, 0.3) is 11.8 Å². The van der Waals surface area contributed by atoms with E-state index in [0.717, 1.165) is 5.56 Å². The fourth-order valence-electron chi connectivity index (χ4n) is 2.62. The molecule has 7 nitrogen and oxygen atoms in total. The van der Waals surface area contributed by atoms with Gasteiger partial charge in [-0.2, -0.15) is 0 Å². The summed E-state index contributed by atoms with van der Waals surface area (Å²) in [4.78, 5) is 25.0. The number of anilines is 1. The molecule has 0 atom stereocenters. The highest BCUT2D eigenvalue weighted by Crippen LogP contribution is 2.16. The van der Waals surface area contributed by atoms with E-state index in [9.17, 15) is 9.59 Å². The van der Waals surface area contributed by atoms with E-state index in [1.54, 1.807) is 35.1 Å². The van der Waals surface area contributed by atoms with E-state index >= 15 is 0 Å². The van der Waals surface area contributed by atoms with Crippen LogP contribution in [0.4, 0.5) is 5.69 Å². The van der Waals surface area contributed by atoms with Gasteiger partial charge in [-0.15, -0.1) is 5.10 Å². The van der Waals surface area contributed by atoms with Gasteiger partial charge in [-0.05, 0) is 23.6 Å². The number of benzene rings is 2. The molecule has 0 aliphatic rings. The predicted molar refractivity (Wildman–Crippen MR) is 107 cm³/mol. The first-order chi connectivity index (χ1) is 13.5. The minimum Gasteiger partial charge on any atom is -0.352 e. The fourth-order valence-corrected chi connectivity index (χ4v) is 2.62. The molecule has 7 heteroatoms. The van der Waals surface area contributed by atoms with Crippen LogP contribution in [-0.2, 0) is 6.54 Å². The molecule has 0 saturated carbocycles. The van der Waals surface area contributed by atoms with E-state index in [4.69, 9.17) is 0 Å². The number of carbonyl (C=O) groups is 2. The van der Waals surface area contributed by atoms with Crippen LogP contribution in [0.5, 0.6) is 0 Å². The van der Waals surface area contributed by atoms with Crippen LogP contribution in [0.3, 0.4) is 0 Å². The fraction of sp³-hybridized carbons (Fsp3) is 0.238.